The van der Waals surface area contributed by atoms with Gasteiger partial charge in [-0.1, -0.05) is 11.6 Å². The molecule has 7 heteroatoms. The molecule has 0 fully saturated rings. The average Bonchev–Trinajstić information content (AvgIpc) is 2.35. The van der Waals surface area contributed by atoms with Crippen molar-refractivity contribution >= 4 is 29.2 Å². The van der Waals surface area contributed by atoms with Crippen LogP contribution in [0.4, 0.5) is 5.69 Å². The molecule has 0 saturated carbocycles. The summed E-state index contributed by atoms with van der Waals surface area (Å²) in [6, 6.07) is 3.58. The quantitative estimate of drug-likeness (QED) is 0.702. The number of primary amides is 1. The van der Waals surface area contributed by atoms with Crippen LogP contribution in [0, 0.1) is 0 Å². The number of carbonyl (C=O) groups is 2. The summed E-state index contributed by atoms with van der Waals surface area (Å²) < 4.78 is 4.84. The number of amides is 1. The average molecular weight is 287 g/mol. The lowest BCUT2D eigenvalue weighted by molar-refractivity contribution is -0.138. The highest BCUT2D eigenvalue weighted by atomic mass is 35.5. The zero-order valence-electron chi connectivity index (χ0n) is 10.4. The van der Waals surface area contributed by atoms with Crippen LogP contribution in [-0.4, -0.2) is 36.7 Å². The molecule has 19 heavy (non-hydrogen) atoms. The molecule has 6 nitrogen and oxygen atoms in total. The number of hydrogen-bond acceptors (Lipinski definition) is 4. The minimum absolute atomic E-state index is 0.149. The van der Waals surface area contributed by atoms with E-state index >= 15 is 0 Å². The van der Waals surface area contributed by atoms with Crippen LogP contribution in [0.3, 0.4) is 0 Å². The van der Waals surface area contributed by atoms with Gasteiger partial charge in [0.05, 0.1) is 5.56 Å². The zero-order chi connectivity index (χ0) is 14.4. The number of carbonyl (C=O) groups excluding carboxylic acids is 1. The van der Waals surface area contributed by atoms with Crippen molar-refractivity contribution in [1.29, 1.82) is 0 Å². The zero-order valence-corrected chi connectivity index (χ0v) is 11.1. The second-order valence-corrected chi connectivity index (χ2v) is 4.31. The lowest BCUT2D eigenvalue weighted by atomic mass is 10.1. The molecule has 0 aliphatic rings. The van der Waals surface area contributed by atoms with E-state index in [0.717, 1.165) is 0 Å². The van der Waals surface area contributed by atoms with Crippen molar-refractivity contribution in [3.05, 3.63) is 28.8 Å². The van der Waals surface area contributed by atoms with Gasteiger partial charge in [-0.15, -0.1) is 0 Å². The molecule has 1 rings (SSSR count). The van der Waals surface area contributed by atoms with Crippen molar-refractivity contribution in [3.63, 3.8) is 0 Å². The van der Waals surface area contributed by atoms with Crippen molar-refractivity contribution in [2.24, 2.45) is 5.73 Å². The first-order valence-corrected chi connectivity index (χ1v) is 5.91. The Morgan fingerprint density at radius 3 is 2.74 bits per heavy atom. The molecule has 1 aromatic carbocycles. The highest BCUT2D eigenvalue weighted by molar-refractivity contribution is 6.31. The third-order valence-corrected chi connectivity index (χ3v) is 2.72. The monoisotopic (exact) mass is 286 g/mol. The number of hydrogen-bond donors (Lipinski definition) is 3. The maximum atomic E-state index is 11.3. The summed E-state index contributed by atoms with van der Waals surface area (Å²) in [5, 5.41) is 12.2. The molecule has 1 unspecified atom stereocenters. The van der Waals surface area contributed by atoms with Crippen LogP contribution in [0.1, 0.15) is 16.8 Å². The van der Waals surface area contributed by atoms with Crippen LogP contribution >= 0.6 is 11.6 Å². The van der Waals surface area contributed by atoms with Gasteiger partial charge in [0, 0.05) is 30.8 Å². The fraction of sp³-hybridized carbons (Fsp3) is 0.333. The molecule has 0 radical (unpaired) electrons. The van der Waals surface area contributed by atoms with E-state index in [9.17, 15) is 9.59 Å². The first-order chi connectivity index (χ1) is 8.95. The van der Waals surface area contributed by atoms with Crippen molar-refractivity contribution < 1.29 is 19.4 Å². The summed E-state index contributed by atoms with van der Waals surface area (Å²) in [5.74, 6) is -1.72. The van der Waals surface area contributed by atoms with Gasteiger partial charge in [0.25, 0.3) is 5.91 Å². The van der Waals surface area contributed by atoms with Crippen LogP contribution in [0.15, 0.2) is 18.2 Å². The van der Waals surface area contributed by atoms with Crippen molar-refractivity contribution in [2.75, 3.05) is 19.0 Å². The molecule has 0 aromatic heterocycles. The van der Waals surface area contributed by atoms with Crippen LogP contribution < -0.4 is 11.1 Å². The van der Waals surface area contributed by atoms with Gasteiger partial charge in [0.1, 0.15) is 6.04 Å². The number of aliphatic carboxylic acids is 1. The largest absolute Gasteiger partial charge is 0.480 e. The number of anilines is 1. The summed E-state index contributed by atoms with van der Waals surface area (Å²) in [5.41, 5.74) is 5.71. The van der Waals surface area contributed by atoms with Gasteiger partial charge in [0.15, 0.2) is 0 Å². The number of benzene rings is 1. The smallest absolute Gasteiger partial charge is 0.326 e. The maximum absolute atomic E-state index is 11.3. The summed E-state index contributed by atoms with van der Waals surface area (Å²) in [6.45, 7) is 0.281. The fourth-order valence-corrected chi connectivity index (χ4v) is 1.70. The number of halogens is 1. The predicted octanol–water partition coefficient (Wildman–Crippen LogP) is 1.34. The maximum Gasteiger partial charge on any atom is 0.326 e. The summed E-state index contributed by atoms with van der Waals surface area (Å²) >= 11 is 5.77. The second-order valence-electron chi connectivity index (χ2n) is 3.87. The SMILES string of the molecule is COCCC(Nc1ccc(Cl)cc1C(N)=O)C(=O)O. The van der Waals surface area contributed by atoms with E-state index in [1.54, 1.807) is 6.07 Å². The van der Waals surface area contributed by atoms with E-state index in [1.165, 1.54) is 19.2 Å². The number of nitrogens with one attached hydrogen (secondary N) is 1. The minimum atomic E-state index is -1.04. The Hall–Kier alpha value is -1.79. The Balaban J connectivity index is 2.95. The van der Waals surface area contributed by atoms with Gasteiger partial charge < -0.3 is 20.9 Å². The number of ether oxygens (including phenoxy) is 1. The summed E-state index contributed by atoms with van der Waals surface area (Å²) in [6.07, 6.45) is 0.257. The molecular formula is C12H15ClN2O4. The van der Waals surface area contributed by atoms with Gasteiger partial charge in [0.2, 0.25) is 0 Å². The predicted molar refractivity (Wildman–Crippen MR) is 71.5 cm³/mol. The normalized spacial score (nSPS) is 11.9. The van der Waals surface area contributed by atoms with Crippen LogP contribution in [0.25, 0.3) is 0 Å². The highest BCUT2D eigenvalue weighted by Crippen LogP contribution is 2.21. The fourth-order valence-electron chi connectivity index (χ4n) is 1.53. The van der Waals surface area contributed by atoms with E-state index in [1.807, 2.05) is 0 Å². The molecule has 0 bridgehead atoms. The molecule has 0 heterocycles. The highest BCUT2D eigenvalue weighted by Gasteiger charge is 2.19. The Labute approximate surface area is 115 Å². The molecule has 1 atom stereocenters. The summed E-state index contributed by atoms with van der Waals surface area (Å²) in [4.78, 5) is 22.4. The third kappa shape index (κ3) is 4.42. The molecule has 0 aliphatic heterocycles. The van der Waals surface area contributed by atoms with E-state index < -0.39 is 17.9 Å². The van der Waals surface area contributed by atoms with Gasteiger partial charge in [-0.3, -0.25) is 4.79 Å². The molecule has 4 N–H and O–H groups in total. The standard InChI is InChI=1S/C12H15ClN2O4/c1-19-5-4-10(12(17)18)15-9-3-2-7(13)6-8(9)11(14)16/h2-3,6,10,15H,4-5H2,1H3,(H2,14,16)(H,17,18). The molecule has 1 aromatic rings. The number of carboxylic acid groups (broad SMARTS) is 1. The molecule has 1 amide bonds. The van der Waals surface area contributed by atoms with E-state index in [-0.39, 0.29) is 18.6 Å². The molecule has 0 saturated heterocycles. The number of nitrogens with two attached hydrogens (primary N) is 1. The van der Waals surface area contributed by atoms with Crippen LogP contribution in [-0.2, 0) is 9.53 Å². The van der Waals surface area contributed by atoms with Crippen molar-refractivity contribution in [2.45, 2.75) is 12.5 Å². The van der Waals surface area contributed by atoms with Crippen molar-refractivity contribution in [1.82, 2.24) is 0 Å². The Morgan fingerprint density at radius 2 is 2.21 bits per heavy atom. The molecular weight excluding hydrogens is 272 g/mol. The molecule has 104 valence electrons. The lowest BCUT2D eigenvalue weighted by Gasteiger charge is -2.17. The molecule has 0 spiro atoms. The number of rotatable bonds is 7. The first kappa shape index (κ1) is 15.3. The number of methoxy groups -OCH3 is 1. The summed E-state index contributed by atoms with van der Waals surface area (Å²) in [7, 11) is 1.48. The Kier molecular flexibility index (Phi) is 5.59. The van der Waals surface area contributed by atoms with Gasteiger partial charge in [-0.2, -0.15) is 0 Å². The van der Waals surface area contributed by atoms with E-state index in [4.69, 9.17) is 27.2 Å². The van der Waals surface area contributed by atoms with E-state index in [2.05, 4.69) is 5.32 Å². The third-order valence-electron chi connectivity index (χ3n) is 2.49. The Morgan fingerprint density at radius 1 is 1.53 bits per heavy atom. The van der Waals surface area contributed by atoms with Crippen LogP contribution in [0.2, 0.25) is 5.02 Å². The molecule has 0 aliphatic carbocycles. The topological polar surface area (TPSA) is 102 Å². The van der Waals surface area contributed by atoms with Gasteiger partial charge >= 0.3 is 5.97 Å². The lowest BCUT2D eigenvalue weighted by Crippen LogP contribution is -2.31. The van der Waals surface area contributed by atoms with Gasteiger partial charge in [-0.25, -0.2) is 4.79 Å². The van der Waals surface area contributed by atoms with Crippen molar-refractivity contribution in [3.8, 4) is 0 Å². The number of carboxylic acids is 1. The van der Waals surface area contributed by atoms with E-state index in [0.29, 0.717) is 10.7 Å². The first-order valence-electron chi connectivity index (χ1n) is 5.53. The second kappa shape index (κ2) is 6.96. The minimum Gasteiger partial charge on any atom is -0.480 e. The Bertz CT molecular complexity index is 479. The van der Waals surface area contributed by atoms with Gasteiger partial charge in [-0.05, 0) is 18.2 Å². The van der Waals surface area contributed by atoms with Crippen LogP contribution in [0.5, 0.6) is 0 Å².